The van der Waals surface area contributed by atoms with Crippen molar-refractivity contribution in [3.8, 4) is 0 Å². The lowest BCUT2D eigenvalue weighted by Crippen LogP contribution is -2.50. The van der Waals surface area contributed by atoms with Crippen molar-refractivity contribution in [1.82, 2.24) is 21.7 Å². The molecule has 0 spiro atoms. The molecule has 7 heteroatoms. The fourth-order valence-electron chi connectivity index (χ4n) is 3.01. The first kappa shape index (κ1) is 17.2. The molecule has 2 aliphatic rings. The van der Waals surface area contributed by atoms with Gasteiger partial charge in [-0.2, -0.15) is 5.53 Å². The van der Waals surface area contributed by atoms with E-state index in [1.165, 1.54) is 31.3 Å². The minimum absolute atomic E-state index is 0.0321. The van der Waals surface area contributed by atoms with Crippen molar-refractivity contribution in [1.29, 1.82) is 0 Å². The standard InChI is InChI=1S/C17H24ClN5O/c18-13-6-8-14(9-7-13)20-16-15(21-23-22-16)17(24)19-11-10-12-4-2-1-3-5-12/h4,6-9,15-16,20-23H,1-3,5,10-11H2,(H,19,24). The van der Waals surface area contributed by atoms with Crippen LogP contribution in [0.1, 0.15) is 32.1 Å². The molecule has 0 saturated carbocycles. The number of nitrogens with one attached hydrogen (secondary N) is 5. The fraction of sp³-hybridized carbons (Fsp3) is 0.471. The van der Waals surface area contributed by atoms with E-state index in [0.717, 1.165) is 12.1 Å². The van der Waals surface area contributed by atoms with E-state index in [1.54, 1.807) is 0 Å². The Bertz CT molecular complexity index is 589. The molecule has 0 bridgehead atoms. The zero-order valence-electron chi connectivity index (χ0n) is 13.6. The second kappa shape index (κ2) is 8.48. The third-order valence-corrected chi connectivity index (χ3v) is 4.62. The normalized spacial score (nSPS) is 23.6. The highest BCUT2D eigenvalue weighted by Crippen LogP contribution is 2.19. The van der Waals surface area contributed by atoms with Crippen LogP contribution in [0.15, 0.2) is 35.9 Å². The van der Waals surface area contributed by atoms with Crippen molar-refractivity contribution in [2.75, 3.05) is 11.9 Å². The summed E-state index contributed by atoms with van der Waals surface area (Å²) in [7, 11) is 0. The van der Waals surface area contributed by atoms with Crippen molar-refractivity contribution in [2.24, 2.45) is 0 Å². The van der Waals surface area contributed by atoms with E-state index in [4.69, 9.17) is 11.6 Å². The van der Waals surface area contributed by atoms with Crippen LogP contribution >= 0.6 is 11.6 Å². The van der Waals surface area contributed by atoms with Gasteiger partial charge >= 0.3 is 0 Å². The third kappa shape index (κ3) is 4.70. The van der Waals surface area contributed by atoms with Crippen molar-refractivity contribution < 1.29 is 4.79 Å². The summed E-state index contributed by atoms with van der Waals surface area (Å²) in [5, 5.41) is 6.97. The molecule has 1 saturated heterocycles. The lowest BCUT2D eigenvalue weighted by atomic mass is 9.97. The number of benzene rings is 1. The maximum Gasteiger partial charge on any atom is 0.242 e. The molecular weight excluding hydrogens is 326 g/mol. The van der Waals surface area contributed by atoms with E-state index < -0.39 is 6.04 Å². The van der Waals surface area contributed by atoms with E-state index in [2.05, 4.69) is 33.1 Å². The molecule has 3 rings (SSSR count). The summed E-state index contributed by atoms with van der Waals surface area (Å²) in [6.07, 6.45) is 7.91. The molecule has 5 N–H and O–H groups in total. The fourth-order valence-corrected chi connectivity index (χ4v) is 3.14. The Balaban J connectivity index is 1.47. The van der Waals surface area contributed by atoms with Crippen LogP contribution in [0, 0.1) is 0 Å². The number of carbonyl (C=O) groups is 1. The van der Waals surface area contributed by atoms with Gasteiger partial charge in [-0.15, -0.1) is 0 Å². The first-order valence-corrected chi connectivity index (χ1v) is 8.84. The number of anilines is 1. The molecule has 2 unspecified atom stereocenters. The molecule has 130 valence electrons. The average Bonchev–Trinajstić information content (AvgIpc) is 3.06. The van der Waals surface area contributed by atoms with Gasteiger partial charge in [-0.3, -0.25) is 4.79 Å². The van der Waals surface area contributed by atoms with Crippen LogP contribution in [-0.2, 0) is 4.79 Å². The minimum atomic E-state index is -0.402. The van der Waals surface area contributed by atoms with Crippen molar-refractivity contribution >= 4 is 23.2 Å². The number of allylic oxidation sites excluding steroid dienone is 1. The monoisotopic (exact) mass is 349 g/mol. The highest BCUT2D eigenvalue weighted by Gasteiger charge is 2.32. The van der Waals surface area contributed by atoms with Crippen LogP contribution < -0.4 is 27.0 Å². The molecule has 1 aliphatic carbocycles. The van der Waals surface area contributed by atoms with E-state index in [-0.39, 0.29) is 12.1 Å². The number of hydrogen-bond acceptors (Lipinski definition) is 5. The molecular formula is C17H24ClN5O. The van der Waals surface area contributed by atoms with Crippen molar-refractivity contribution in [3.63, 3.8) is 0 Å². The molecule has 1 amide bonds. The Kier molecular flexibility index (Phi) is 6.09. The van der Waals surface area contributed by atoms with Crippen LogP contribution in [0.4, 0.5) is 5.69 Å². The van der Waals surface area contributed by atoms with Crippen LogP contribution in [0.3, 0.4) is 0 Å². The van der Waals surface area contributed by atoms with E-state index in [9.17, 15) is 4.79 Å². The molecule has 1 heterocycles. The van der Waals surface area contributed by atoms with Crippen LogP contribution in [-0.4, -0.2) is 24.7 Å². The molecule has 2 atom stereocenters. The summed E-state index contributed by atoms with van der Waals surface area (Å²) in [6.45, 7) is 0.677. The molecule has 6 nitrogen and oxygen atoms in total. The van der Waals surface area contributed by atoms with Crippen molar-refractivity contribution in [3.05, 3.63) is 40.9 Å². The zero-order valence-corrected chi connectivity index (χ0v) is 14.3. The quantitative estimate of drug-likeness (QED) is 0.508. The van der Waals surface area contributed by atoms with Gasteiger partial charge in [0.2, 0.25) is 5.91 Å². The zero-order chi connectivity index (χ0) is 16.8. The lowest BCUT2D eigenvalue weighted by molar-refractivity contribution is -0.123. The Morgan fingerprint density at radius 3 is 2.79 bits per heavy atom. The van der Waals surface area contributed by atoms with Gasteiger partial charge in [0, 0.05) is 17.3 Å². The maximum atomic E-state index is 12.4. The van der Waals surface area contributed by atoms with Crippen molar-refractivity contribution in [2.45, 2.75) is 44.3 Å². The molecule has 0 aromatic heterocycles. The molecule has 1 aromatic carbocycles. The lowest BCUT2D eigenvalue weighted by Gasteiger charge is -2.20. The second-order valence-corrected chi connectivity index (χ2v) is 6.61. The van der Waals surface area contributed by atoms with Gasteiger partial charge in [0.15, 0.2) is 0 Å². The van der Waals surface area contributed by atoms with Gasteiger partial charge in [0.1, 0.15) is 12.2 Å². The number of carbonyl (C=O) groups excluding carboxylic acids is 1. The number of hydrogen-bond donors (Lipinski definition) is 5. The number of halogens is 1. The number of rotatable bonds is 6. The highest BCUT2D eigenvalue weighted by molar-refractivity contribution is 6.30. The largest absolute Gasteiger partial charge is 0.367 e. The topological polar surface area (TPSA) is 77.2 Å². The van der Waals surface area contributed by atoms with Gasteiger partial charge < -0.3 is 10.6 Å². The SMILES string of the molecule is O=C(NCCC1=CCCCC1)C1NNNC1Nc1ccc(Cl)cc1. The van der Waals surface area contributed by atoms with Gasteiger partial charge in [0.05, 0.1) is 0 Å². The highest BCUT2D eigenvalue weighted by atomic mass is 35.5. The Labute approximate surface area is 147 Å². The predicted octanol–water partition coefficient (Wildman–Crippen LogP) is 2.07. The van der Waals surface area contributed by atoms with Gasteiger partial charge in [0.25, 0.3) is 0 Å². The summed E-state index contributed by atoms with van der Waals surface area (Å²) in [6, 6.07) is 6.99. The molecule has 24 heavy (non-hydrogen) atoms. The van der Waals surface area contributed by atoms with E-state index in [1.807, 2.05) is 24.3 Å². The summed E-state index contributed by atoms with van der Waals surface area (Å²) in [5.74, 6) is -0.0321. The molecule has 0 radical (unpaired) electrons. The van der Waals surface area contributed by atoms with E-state index >= 15 is 0 Å². The summed E-state index contributed by atoms with van der Waals surface area (Å²) in [4.78, 5) is 12.4. The van der Waals surface area contributed by atoms with Crippen LogP contribution in [0.2, 0.25) is 5.02 Å². The average molecular weight is 350 g/mol. The number of hydrazine groups is 2. The first-order chi connectivity index (χ1) is 11.7. The summed E-state index contributed by atoms with van der Waals surface area (Å²) in [5.41, 5.74) is 11.1. The third-order valence-electron chi connectivity index (χ3n) is 4.37. The molecule has 1 aliphatic heterocycles. The van der Waals surface area contributed by atoms with E-state index in [0.29, 0.717) is 11.6 Å². The second-order valence-electron chi connectivity index (χ2n) is 6.17. The molecule has 1 aromatic rings. The molecule has 1 fully saturated rings. The minimum Gasteiger partial charge on any atom is -0.367 e. The predicted molar refractivity (Wildman–Crippen MR) is 96.2 cm³/mol. The Morgan fingerprint density at radius 2 is 2.04 bits per heavy atom. The van der Waals surface area contributed by atoms with Gasteiger partial charge in [-0.05, 0) is 56.4 Å². The summed E-state index contributed by atoms with van der Waals surface area (Å²) < 4.78 is 0. The smallest absolute Gasteiger partial charge is 0.242 e. The van der Waals surface area contributed by atoms with Crippen LogP contribution in [0.5, 0.6) is 0 Å². The maximum absolute atomic E-state index is 12.4. The first-order valence-electron chi connectivity index (χ1n) is 8.46. The Morgan fingerprint density at radius 1 is 1.21 bits per heavy atom. The Hall–Kier alpha value is -1.60. The number of amides is 1. The van der Waals surface area contributed by atoms with Gasteiger partial charge in [-0.25, -0.2) is 10.9 Å². The van der Waals surface area contributed by atoms with Gasteiger partial charge in [-0.1, -0.05) is 23.3 Å². The summed E-state index contributed by atoms with van der Waals surface area (Å²) >= 11 is 5.89. The van der Waals surface area contributed by atoms with Crippen LogP contribution in [0.25, 0.3) is 0 Å².